The molecule has 0 aromatic heterocycles. The number of hydrogen-bond donors (Lipinski definition) is 1. The Balaban J connectivity index is 2.83. The number of likely N-dealkylation sites (tertiary alicyclic amines) is 1. The zero-order chi connectivity index (χ0) is 14.5. The molecule has 1 fully saturated rings. The van der Waals surface area contributed by atoms with E-state index in [-0.39, 0.29) is 5.54 Å². The third kappa shape index (κ3) is 3.93. The van der Waals surface area contributed by atoms with Crippen LogP contribution in [0.1, 0.15) is 60.3 Å². The van der Waals surface area contributed by atoms with E-state index in [9.17, 15) is 0 Å². The Bertz CT molecular complexity index is 254. The average Bonchev–Trinajstić information content (AvgIpc) is 2.84. The number of hydrogen-bond acceptors (Lipinski definition) is 3. The molecule has 1 rings (SSSR count). The minimum atomic E-state index is 0.217. The van der Waals surface area contributed by atoms with Crippen LogP contribution < -0.4 is 5.73 Å². The Kier molecular flexibility index (Phi) is 6.78. The van der Waals surface area contributed by atoms with Crippen molar-refractivity contribution in [2.24, 2.45) is 5.73 Å². The van der Waals surface area contributed by atoms with Crippen LogP contribution in [0.3, 0.4) is 0 Å². The maximum Gasteiger partial charge on any atom is 0.0473 e. The summed E-state index contributed by atoms with van der Waals surface area (Å²) < 4.78 is 0. The zero-order valence-corrected chi connectivity index (χ0v) is 13.8. The maximum atomic E-state index is 6.23. The molecule has 0 bridgehead atoms. The van der Waals surface area contributed by atoms with Crippen molar-refractivity contribution >= 4 is 0 Å². The van der Waals surface area contributed by atoms with E-state index in [4.69, 9.17) is 5.73 Å². The highest BCUT2D eigenvalue weighted by Gasteiger charge is 2.43. The molecule has 0 aromatic rings. The molecular weight excluding hydrogens is 234 g/mol. The smallest absolute Gasteiger partial charge is 0.0473 e. The summed E-state index contributed by atoms with van der Waals surface area (Å²) in [7, 11) is 0. The lowest BCUT2D eigenvalue weighted by atomic mass is 9.93. The molecule has 0 amide bonds. The van der Waals surface area contributed by atoms with Gasteiger partial charge in [-0.1, -0.05) is 20.3 Å². The first kappa shape index (κ1) is 16.9. The van der Waals surface area contributed by atoms with Crippen molar-refractivity contribution < 1.29 is 0 Å². The van der Waals surface area contributed by atoms with Gasteiger partial charge in [0.15, 0.2) is 0 Å². The second-order valence-corrected chi connectivity index (χ2v) is 6.55. The van der Waals surface area contributed by atoms with Gasteiger partial charge in [-0.3, -0.25) is 9.80 Å². The molecule has 19 heavy (non-hydrogen) atoms. The van der Waals surface area contributed by atoms with Gasteiger partial charge in [0.2, 0.25) is 0 Å². The predicted octanol–water partition coefficient (Wildman–Crippen LogP) is 2.70. The van der Waals surface area contributed by atoms with Crippen LogP contribution in [0.2, 0.25) is 0 Å². The Morgan fingerprint density at radius 2 is 1.95 bits per heavy atom. The Morgan fingerprint density at radius 1 is 1.26 bits per heavy atom. The molecule has 1 heterocycles. The molecule has 1 aliphatic heterocycles. The van der Waals surface area contributed by atoms with Gasteiger partial charge < -0.3 is 5.73 Å². The quantitative estimate of drug-likeness (QED) is 0.735. The van der Waals surface area contributed by atoms with Crippen LogP contribution in [0.4, 0.5) is 0 Å². The summed E-state index contributed by atoms with van der Waals surface area (Å²) in [4.78, 5) is 5.31. The molecule has 1 aliphatic rings. The summed E-state index contributed by atoms with van der Waals surface area (Å²) in [5, 5.41) is 0. The first-order valence-electron chi connectivity index (χ1n) is 8.21. The summed E-state index contributed by atoms with van der Waals surface area (Å²) in [6.07, 6.45) is 5.00. The molecule has 0 aliphatic carbocycles. The van der Waals surface area contributed by atoms with E-state index in [0.29, 0.717) is 12.1 Å². The van der Waals surface area contributed by atoms with Crippen LogP contribution in [0.15, 0.2) is 0 Å². The summed E-state index contributed by atoms with van der Waals surface area (Å²) in [6.45, 7) is 15.9. The highest BCUT2D eigenvalue weighted by atomic mass is 15.3. The minimum absolute atomic E-state index is 0.217. The lowest BCUT2D eigenvalue weighted by molar-refractivity contribution is 0.0534. The van der Waals surface area contributed by atoms with Gasteiger partial charge in [-0.2, -0.15) is 0 Å². The Hall–Kier alpha value is -0.120. The van der Waals surface area contributed by atoms with Crippen LogP contribution in [0.25, 0.3) is 0 Å². The van der Waals surface area contributed by atoms with E-state index < -0.39 is 0 Å². The van der Waals surface area contributed by atoms with Crippen LogP contribution in [0.5, 0.6) is 0 Å². The zero-order valence-electron chi connectivity index (χ0n) is 13.8. The average molecular weight is 269 g/mol. The highest BCUT2D eigenvalue weighted by molar-refractivity contribution is 5.02. The van der Waals surface area contributed by atoms with Gasteiger partial charge in [0.05, 0.1) is 0 Å². The molecule has 2 unspecified atom stereocenters. The van der Waals surface area contributed by atoms with Crippen molar-refractivity contribution in [1.82, 2.24) is 9.80 Å². The standard InChI is InChI=1S/C16H35N3/c1-6-8-10-19(15(5)7-2)16(12-17)9-11-18(13-16)14(3)4/h14-15H,6-13,17H2,1-5H3. The van der Waals surface area contributed by atoms with Gasteiger partial charge in [-0.05, 0) is 46.6 Å². The predicted molar refractivity (Wildman–Crippen MR) is 84.5 cm³/mol. The van der Waals surface area contributed by atoms with Crippen molar-refractivity contribution in [2.45, 2.75) is 77.9 Å². The number of unbranched alkanes of at least 4 members (excludes halogenated alkanes) is 1. The monoisotopic (exact) mass is 269 g/mol. The second kappa shape index (κ2) is 7.61. The largest absolute Gasteiger partial charge is 0.329 e. The van der Waals surface area contributed by atoms with Gasteiger partial charge >= 0.3 is 0 Å². The number of nitrogens with zero attached hydrogens (tertiary/aromatic N) is 2. The van der Waals surface area contributed by atoms with E-state index in [1.807, 2.05) is 0 Å². The number of rotatable bonds is 8. The van der Waals surface area contributed by atoms with E-state index in [0.717, 1.165) is 13.1 Å². The van der Waals surface area contributed by atoms with Crippen molar-refractivity contribution in [3.05, 3.63) is 0 Å². The molecular formula is C16H35N3. The fourth-order valence-electron chi connectivity index (χ4n) is 3.32. The summed E-state index contributed by atoms with van der Waals surface area (Å²) in [5.74, 6) is 0. The third-order valence-corrected chi connectivity index (χ3v) is 4.96. The molecule has 1 saturated heterocycles. The molecule has 0 spiro atoms. The van der Waals surface area contributed by atoms with Crippen LogP contribution >= 0.6 is 0 Å². The van der Waals surface area contributed by atoms with E-state index >= 15 is 0 Å². The van der Waals surface area contributed by atoms with Gasteiger partial charge in [-0.15, -0.1) is 0 Å². The summed E-state index contributed by atoms with van der Waals surface area (Å²) in [6, 6.07) is 1.28. The van der Waals surface area contributed by atoms with Gasteiger partial charge in [0.1, 0.15) is 0 Å². The minimum Gasteiger partial charge on any atom is -0.329 e. The van der Waals surface area contributed by atoms with Crippen LogP contribution in [0, 0.1) is 0 Å². The fourth-order valence-corrected chi connectivity index (χ4v) is 3.32. The molecule has 0 aromatic carbocycles. The van der Waals surface area contributed by atoms with Crippen molar-refractivity contribution in [3.8, 4) is 0 Å². The first-order valence-corrected chi connectivity index (χ1v) is 8.21. The van der Waals surface area contributed by atoms with E-state index in [2.05, 4.69) is 44.4 Å². The topological polar surface area (TPSA) is 32.5 Å². The van der Waals surface area contributed by atoms with E-state index in [1.165, 1.54) is 38.8 Å². The van der Waals surface area contributed by atoms with E-state index in [1.54, 1.807) is 0 Å². The van der Waals surface area contributed by atoms with Crippen molar-refractivity contribution in [3.63, 3.8) is 0 Å². The number of nitrogens with two attached hydrogens (primary N) is 1. The molecule has 3 heteroatoms. The van der Waals surface area contributed by atoms with Crippen LogP contribution in [-0.4, -0.2) is 53.6 Å². The lowest BCUT2D eigenvalue weighted by Crippen LogP contribution is -2.59. The highest BCUT2D eigenvalue weighted by Crippen LogP contribution is 2.31. The fraction of sp³-hybridized carbons (Fsp3) is 1.00. The maximum absolute atomic E-state index is 6.23. The Labute approximate surface area is 120 Å². The summed E-state index contributed by atoms with van der Waals surface area (Å²) >= 11 is 0. The molecule has 2 atom stereocenters. The SMILES string of the molecule is CCCCN(C(C)CC)C1(CN)CCN(C(C)C)C1. The third-order valence-electron chi connectivity index (χ3n) is 4.96. The normalized spacial score (nSPS) is 26.5. The van der Waals surface area contributed by atoms with Gasteiger partial charge in [0.25, 0.3) is 0 Å². The molecule has 0 radical (unpaired) electrons. The molecule has 3 nitrogen and oxygen atoms in total. The lowest BCUT2D eigenvalue weighted by Gasteiger charge is -2.44. The van der Waals surface area contributed by atoms with Crippen LogP contribution in [-0.2, 0) is 0 Å². The molecule has 0 saturated carbocycles. The van der Waals surface area contributed by atoms with Crippen molar-refractivity contribution in [1.29, 1.82) is 0 Å². The first-order chi connectivity index (χ1) is 9.00. The molecule has 114 valence electrons. The van der Waals surface area contributed by atoms with Crippen molar-refractivity contribution in [2.75, 3.05) is 26.2 Å². The summed E-state index contributed by atoms with van der Waals surface area (Å²) in [5.41, 5.74) is 6.45. The molecule has 2 N–H and O–H groups in total. The Morgan fingerprint density at radius 3 is 2.37 bits per heavy atom. The van der Waals surface area contributed by atoms with Gasteiger partial charge in [0, 0.05) is 37.3 Å². The second-order valence-electron chi connectivity index (χ2n) is 6.55. The van der Waals surface area contributed by atoms with Gasteiger partial charge in [-0.25, -0.2) is 0 Å².